The molecule has 3 unspecified atom stereocenters. The number of aliphatic carboxylic acids is 2. The van der Waals surface area contributed by atoms with E-state index in [2.05, 4.69) is 58.9 Å². The molecule has 0 aliphatic heterocycles. The first-order chi connectivity index (χ1) is 21.6. The molecule has 0 spiro atoms. The van der Waals surface area contributed by atoms with Gasteiger partial charge in [0.25, 0.3) is 0 Å². The molecule has 11 atom stereocenters. The first kappa shape index (κ1) is 38.4. The Morgan fingerprint density at radius 1 is 0.891 bits per heavy atom. The Balaban J connectivity index is 0.000000262. The molecule has 8 N–H and O–H groups in total. The van der Waals surface area contributed by atoms with Crippen LogP contribution < -0.4 is 11.5 Å². The second-order valence-electron chi connectivity index (χ2n) is 15.7. The smallest absolute Gasteiger partial charge is 0.320 e. The second-order valence-corrected chi connectivity index (χ2v) is 15.7. The molecule has 0 amide bonds. The van der Waals surface area contributed by atoms with Crippen LogP contribution in [0, 0.1) is 60.2 Å². The lowest BCUT2D eigenvalue weighted by atomic mass is 9.43. The Morgan fingerprint density at radius 2 is 1.52 bits per heavy atom. The minimum atomic E-state index is -0.933. The Hall–Kier alpha value is -2.00. The van der Waals surface area contributed by atoms with E-state index in [0.717, 1.165) is 51.4 Å². The molecule has 1 aromatic rings. The molecule has 8 heteroatoms. The van der Waals surface area contributed by atoms with Crippen LogP contribution in [-0.2, 0) is 9.59 Å². The number of carboxylic acid groups (broad SMARTS) is 2. The van der Waals surface area contributed by atoms with E-state index in [0.29, 0.717) is 48.5 Å². The van der Waals surface area contributed by atoms with Crippen LogP contribution in [0.5, 0.6) is 0 Å². The number of hydrogen-bond donors (Lipinski definition) is 6. The number of unbranched alkanes of at least 4 members (excludes halogenated alkanes) is 1. The van der Waals surface area contributed by atoms with Gasteiger partial charge in [0.1, 0.15) is 6.04 Å². The largest absolute Gasteiger partial charge is 0.481 e. The van der Waals surface area contributed by atoms with Crippen LogP contribution in [0.3, 0.4) is 0 Å². The number of benzene rings is 1. The summed E-state index contributed by atoms with van der Waals surface area (Å²) in [6, 6.07) is 7.77. The van der Waals surface area contributed by atoms with Gasteiger partial charge in [0.2, 0.25) is 0 Å². The number of fused-ring (bicyclic) bond motifs is 5. The maximum atomic E-state index is 11.5. The molecule has 4 aliphatic carbocycles. The molecule has 4 fully saturated rings. The van der Waals surface area contributed by atoms with Gasteiger partial charge >= 0.3 is 11.9 Å². The van der Waals surface area contributed by atoms with Crippen molar-refractivity contribution in [2.75, 3.05) is 6.54 Å². The minimum absolute atomic E-state index is 0.0591. The van der Waals surface area contributed by atoms with Crippen LogP contribution in [0.2, 0.25) is 0 Å². The topological polar surface area (TPSA) is 167 Å². The standard InChI is InChI=1S/C24H40O4.C8H10.C6H14N2O2/c1-14(4-9-22(27)28)18-7-8-19-17-6-5-15-12-16(25)10-11-23(15,2)20(17)13-21(26)24(18,19)3;1-7-3-5-8(2)6-4-7;7-4-2-1-3-5(8)6(9)10/h14-21,25-26H,4-13H2,1-3H3,(H,27,28);3-6H,1-2H3;5H,1-4,7-8H2,(H,9,10)/t14-,15-,16-,17?,18-,19?,20?,21+,23+,24-;;5-/m1.0/s1. The molecule has 1 aromatic carbocycles. The van der Waals surface area contributed by atoms with Crippen molar-refractivity contribution >= 4 is 11.9 Å². The maximum Gasteiger partial charge on any atom is 0.320 e. The molecule has 4 aliphatic rings. The molecule has 0 heterocycles. The summed E-state index contributed by atoms with van der Waals surface area (Å²) >= 11 is 0. The fourth-order valence-corrected chi connectivity index (χ4v) is 9.98. The lowest BCUT2D eigenvalue weighted by molar-refractivity contribution is -0.175. The molecule has 0 saturated heterocycles. The molecule has 5 rings (SSSR count). The molecule has 4 saturated carbocycles. The van der Waals surface area contributed by atoms with Crippen LogP contribution >= 0.6 is 0 Å². The van der Waals surface area contributed by atoms with Gasteiger partial charge in [-0.2, -0.15) is 0 Å². The highest BCUT2D eigenvalue weighted by molar-refractivity contribution is 5.72. The van der Waals surface area contributed by atoms with Crippen molar-refractivity contribution in [3.05, 3.63) is 35.4 Å². The first-order valence-electron chi connectivity index (χ1n) is 17.9. The van der Waals surface area contributed by atoms with Crippen LogP contribution in [0.25, 0.3) is 0 Å². The number of hydrogen-bond acceptors (Lipinski definition) is 6. The molecular weight excluding hydrogens is 580 g/mol. The summed E-state index contributed by atoms with van der Waals surface area (Å²) in [4.78, 5) is 21.2. The fourth-order valence-electron chi connectivity index (χ4n) is 9.98. The van der Waals surface area contributed by atoms with Crippen molar-refractivity contribution in [1.82, 2.24) is 0 Å². The van der Waals surface area contributed by atoms with Gasteiger partial charge in [-0.25, -0.2) is 0 Å². The van der Waals surface area contributed by atoms with Gasteiger partial charge in [-0.05, 0) is 137 Å². The Bertz CT molecular complexity index is 1090. The van der Waals surface area contributed by atoms with Crippen LogP contribution in [0.1, 0.15) is 115 Å². The summed E-state index contributed by atoms with van der Waals surface area (Å²) < 4.78 is 0. The average molecular weight is 645 g/mol. The SMILES string of the molecule is C[C@H](CCC(=O)O)[C@H]1CCC2C3CC[C@@H]4C[C@H](O)CC[C@]4(C)C3C[C@H](O)[C@@]21C.Cc1ccc(C)cc1.NCCCC[C@H](N)C(=O)O. The van der Waals surface area contributed by atoms with E-state index in [9.17, 15) is 19.8 Å². The predicted octanol–water partition coefficient (Wildman–Crippen LogP) is 6.31. The van der Waals surface area contributed by atoms with E-state index in [1.165, 1.54) is 30.4 Å². The van der Waals surface area contributed by atoms with Crippen LogP contribution in [-0.4, -0.2) is 57.2 Å². The van der Waals surface area contributed by atoms with E-state index in [-0.39, 0.29) is 29.5 Å². The zero-order valence-corrected chi connectivity index (χ0v) is 29.2. The van der Waals surface area contributed by atoms with Gasteiger partial charge in [-0.1, -0.05) is 62.6 Å². The molecular formula is C38H64N2O6. The quantitative estimate of drug-likeness (QED) is 0.170. The normalized spacial score (nSPS) is 35.9. The van der Waals surface area contributed by atoms with Crippen molar-refractivity contribution in [3.8, 4) is 0 Å². The summed E-state index contributed by atoms with van der Waals surface area (Å²) in [5, 5.41) is 39.1. The van der Waals surface area contributed by atoms with Crippen molar-refractivity contribution in [2.45, 2.75) is 136 Å². The second kappa shape index (κ2) is 16.9. The van der Waals surface area contributed by atoms with Gasteiger partial charge in [-0.15, -0.1) is 0 Å². The number of nitrogens with two attached hydrogens (primary N) is 2. The summed E-state index contributed by atoms with van der Waals surface area (Å²) in [6.07, 6.45) is 11.4. The third kappa shape index (κ3) is 9.12. The highest BCUT2D eigenvalue weighted by atomic mass is 16.4. The van der Waals surface area contributed by atoms with E-state index in [1.807, 2.05) is 0 Å². The number of aryl methyl sites for hydroxylation is 2. The Labute approximate surface area is 277 Å². The highest BCUT2D eigenvalue weighted by Gasteiger charge is 2.63. The van der Waals surface area contributed by atoms with Gasteiger partial charge in [-0.3, -0.25) is 9.59 Å². The van der Waals surface area contributed by atoms with E-state index in [1.54, 1.807) is 0 Å². The number of aliphatic hydroxyl groups excluding tert-OH is 2. The van der Waals surface area contributed by atoms with Crippen molar-refractivity contribution in [2.24, 2.45) is 57.8 Å². The fraction of sp³-hybridized carbons (Fsp3) is 0.789. The monoisotopic (exact) mass is 644 g/mol. The summed E-state index contributed by atoms with van der Waals surface area (Å²) in [6.45, 7) is 11.8. The molecule has 0 radical (unpaired) electrons. The number of carboxylic acids is 2. The zero-order chi connectivity index (χ0) is 34.2. The van der Waals surface area contributed by atoms with E-state index in [4.69, 9.17) is 21.7 Å². The third-order valence-corrected chi connectivity index (χ3v) is 12.8. The predicted molar refractivity (Wildman–Crippen MR) is 183 cm³/mol. The van der Waals surface area contributed by atoms with Gasteiger partial charge in [0.05, 0.1) is 12.2 Å². The molecule has 262 valence electrons. The van der Waals surface area contributed by atoms with Crippen molar-refractivity contribution < 1.29 is 30.0 Å². The molecule has 0 aromatic heterocycles. The molecule has 8 nitrogen and oxygen atoms in total. The van der Waals surface area contributed by atoms with E-state index >= 15 is 0 Å². The summed E-state index contributed by atoms with van der Waals surface area (Å²) in [5.74, 6) is 1.62. The molecule has 46 heavy (non-hydrogen) atoms. The minimum Gasteiger partial charge on any atom is -0.481 e. The number of carbonyl (C=O) groups is 2. The van der Waals surface area contributed by atoms with Gasteiger partial charge < -0.3 is 31.9 Å². The Morgan fingerprint density at radius 3 is 2.09 bits per heavy atom. The highest BCUT2D eigenvalue weighted by Crippen LogP contribution is 2.68. The number of rotatable bonds is 9. The van der Waals surface area contributed by atoms with Gasteiger partial charge in [0.15, 0.2) is 0 Å². The Kier molecular flexibility index (Phi) is 14.1. The van der Waals surface area contributed by atoms with E-state index < -0.39 is 18.0 Å². The average Bonchev–Trinajstić information content (AvgIpc) is 3.37. The first-order valence-corrected chi connectivity index (χ1v) is 17.9. The van der Waals surface area contributed by atoms with Crippen molar-refractivity contribution in [1.29, 1.82) is 0 Å². The van der Waals surface area contributed by atoms with Crippen molar-refractivity contribution in [3.63, 3.8) is 0 Å². The van der Waals surface area contributed by atoms with Gasteiger partial charge in [0, 0.05) is 6.42 Å². The zero-order valence-electron chi connectivity index (χ0n) is 29.2. The molecule has 0 bridgehead atoms. The lowest BCUT2D eigenvalue weighted by Crippen LogP contribution is -2.58. The lowest BCUT2D eigenvalue weighted by Gasteiger charge is -2.62. The summed E-state index contributed by atoms with van der Waals surface area (Å²) in [5.41, 5.74) is 13.3. The van der Waals surface area contributed by atoms with Crippen LogP contribution in [0.15, 0.2) is 24.3 Å². The van der Waals surface area contributed by atoms with Crippen LogP contribution in [0.4, 0.5) is 0 Å². The summed E-state index contributed by atoms with van der Waals surface area (Å²) in [7, 11) is 0. The third-order valence-electron chi connectivity index (χ3n) is 12.8. The number of aliphatic hydroxyl groups is 2. The maximum absolute atomic E-state index is 11.5.